The average molecular weight is 228 g/mol. The first-order valence-electron chi connectivity index (χ1n) is 4.70. The number of nitrogens with zero attached hydrogens (tertiary/aromatic N) is 1. The van der Waals surface area contributed by atoms with Crippen LogP contribution >= 0.6 is 11.6 Å². The number of halogens is 1. The molecule has 0 aromatic heterocycles. The van der Waals surface area contributed by atoms with E-state index in [1.165, 1.54) is 12.1 Å². The topological polar surface area (TPSA) is 52.4 Å². The normalized spacial score (nSPS) is 24.3. The summed E-state index contributed by atoms with van der Waals surface area (Å²) in [6.07, 6.45) is 1.85. The Balaban J connectivity index is 1.95. The molecule has 0 radical (unpaired) electrons. The van der Waals surface area contributed by atoms with Crippen LogP contribution in [0.15, 0.2) is 24.3 Å². The Bertz CT molecular complexity index is 359. The lowest BCUT2D eigenvalue weighted by Crippen LogP contribution is -2.34. The molecule has 1 aliphatic rings. The van der Waals surface area contributed by atoms with E-state index in [1.54, 1.807) is 12.1 Å². The zero-order valence-electron chi connectivity index (χ0n) is 7.93. The van der Waals surface area contributed by atoms with Gasteiger partial charge in [-0.1, -0.05) is 0 Å². The van der Waals surface area contributed by atoms with E-state index in [-0.39, 0.29) is 17.2 Å². The number of nitro groups is 1. The molecule has 2 rings (SSSR count). The van der Waals surface area contributed by atoms with Gasteiger partial charge in [-0.25, -0.2) is 0 Å². The molecule has 1 aromatic rings. The van der Waals surface area contributed by atoms with Crippen molar-refractivity contribution >= 4 is 17.3 Å². The van der Waals surface area contributed by atoms with Gasteiger partial charge in [0, 0.05) is 30.4 Å². The van der Waals surface area contributed by atoms with Crippen LogP contribution in [0.1, 0.15) is 12.8 Å². The van der Waals surface area contributed by atoms with Gasteiger partial charge in [-0.2, -0.15) is 0 Å². The van der Waals surface area contributed by atoms with Gasteiger partial charge in [0.2, 0.25) is 0 Å². The van der Waals surface area contributed by atoms with Crippen LogP contribution in [0, 0.1) is 10.1 Å². The van der Waals surface area contributed by atoms with Gasteiger partial charge in [-0.3, -0.25) is 10.1 Å². The number of hydrogen-bond acceptors (Lipinski definition) is 3. The monoisotopic (exact) mass is 227 g/mol. The highest BCUT2D eigenvalue weighted by Crippen LogP contribution is 2.30. The summed E-state index contributed by atoms with van der Waals surface area (Å²) in [4.78, 5) is 9.96. The molecular weight excluding hydrogens is 218 g/mol. The van der Waals surface area contributed by atoms with Crippen molar-refractivity contribution in [3.05, 3.63) is 34.4 Å². The first kappa shape index (κ1) is 10.2. The Morgan fingerprint density at radius 2 is 1.93 bits per heavy atom. The second-order valence-electron chi connectivity index (χ2n) is 3.56. The molecule has 1 saturated carbocycles. The Morgan fingerprint density at radius 3 is 2.40 bits per heavy atom. The SMILES string of the molecule is O=[N+]([O-])c1ccc(OC2CC(Cl)C2)cc1. The minimum atomic E-state index is -0.429. The quantitative estimate of drug-likeness (QED) is 0.453. The molecule has 0 aliphatic heterocycles. The molecule has 0 unspecified atom stereocenters. The summed E-state index contributed by atoms with van der Waals surface area (Å²) < 4.78 is 5.55. The highest BCUT2D eigenvalue weighted by Gasteiger charge is 2.28. The maximum atomic E-state index is 10.4. The van der Waals surface area contributed by atoms with Gasteiger partial charge in [0.05, 0.1) is 4.92 Å². The largest absolute Gasteiger partial charge is 0.490 e. The number of ether oxygens (including phenoxy) is 1. The summed E-state index contributed by atoms with van der Waals surface area (Å²) in [6, 6.07) is 6.09. The smallest absolute Gasteiger partial charge is 0.269 e. The summed E-state index contributed by atoms with van der Waals surface area (Å²) in [6.45, 7) is 0. The van der Waals surface area contributed by atoms with Gasteiger partial charge in [0.25, 0.3) is 5.69 Å². The van der Waals surface area contributed by atoms with Crippen molar-refractivity contribution in [3.8, 4) is 5.75 Å². The third-order valence-electron chi connectivity index (χ3n) is 2.39. The van der Waals surface area contributed by atoms with Crippen molar-refractivity contribution in [3.63, 3.8) is 0 Å². The molecule has 0 spiro atoms. The van der Waals surface area contributed by atoms with Crippen LogP contribution in [0.2, 0.25) is 0 Å². The van der Waals surface area contributed by atoms with Crippen LogP contribution < -0.4 is 4.74 Å². The molecule has 1 fully saturated rings. The van der Waals surface area contributed by atoms with E-state index in [9.17, 15) is 10.1 Å². The maximum absolute atomic E-state index is 10.4. The van der Waals surface area contributed by atoms with Crippen LogP contribution in [0.25, 0.3) is 0 Å². The molecule has 0 saturated heterocycles. The molecule has 0 amide bonds. The fourth-order valence-corrected chi connectivity index (χ4v) is 1.83. The van der Waals surface area contributed by atoms with Gasteiger partial charge in [0.1, 0.15) is 11.9 Å². The molecule has 0 heterocycles. The number of benzene rings is 1. The zero-order chi connectivity index (χ0) is 10.8. The van der Waals surface area contributed by atoms with Crippen molar-refractivity contribution in [2.24, 2.45) is 0 Å². The third-order valence-corrected chi connectivity index (χ3v) is 2.74. The molecule has 0 atom stereocenters. The van der Waals surface area contributed by atoms with Gasteiger partial charge in [-0.05, 0) is 12.1 Å². The Morgan fingerprint density at radius 1 is 1.33 bits per heavy atom. The van der Waals surface area contributed by atoms with Crippen LogP contribution in [-0.2, 0) is 0 Å². The Labute approximate surface area is 92.0 Å². The standard InChI is InChI=1S/C10H10ClNO3/c11-7-5-10(6-7)15-9-3-1-8(2-4-9)12(13)14/h1-4,7,10H,5-6H2. The van der Waals surface area contributed by atoms with Crippen LogP contribution in [0.3, 0.4) is 0 Å². The van der Waals surface area contributed by atoms with E-state index in [4.69, 9.17) is 16.3 Å². The second-order valence-corrected chi connectivity index (χ2v) is 4.18. The molecule has 0 N–H and O–H groups in total. The summed E-state index contributed by atoms with van der Waals surface area (Å²) >= 11 is 5.81. The van der Waals surface area contributed by atoms with Crippen LogP contribution in [0.4, 0.5) is 5.69 Å². The number of non-ortho nitro benzene ring substituents is 1. The number of alkyl halides is 1. The molecule has 5 heteroatoms. The third kappa shape index (κ3) is 2.39. The number of hydrogen-bond donors (Lipinski definition) is 0. The minimum absolute atomic E-state index is 0.0752. The van der Waals surface area contributed by atoms with E-state index < -0.39 is 4.92 Å². The predicted molar refractivity (Wildman–Crippen MR) is 56.4 cm³/mol. The van der Waals surface area contributed by atoms with Crippen molar-refractivity contribution in [1.82, 2.24) is 0 Å². The molecule has 80 valence electrons. The average Bonchev–Trinajstić information content (AvgIpc) is 2.16. The Kier molecular flexibility index (Phi) is 2.77. The van der Waals surface area contributed by atoms with Crippen LogP contribution in [0.5, 0.6) is 5.75 Å². The predicted octanol–water partition coefficient (Wildman–Crippen LogP) is 2.74. The summed E-state index contributed by atoms with van der Waals surface area (Å²) in [7, 11) is 0. The molecule has 1 aromatic carbocycles. The fourth-order valence-electron chi connectivity index (χ4n) is 1.44. The van der Waals surface area contributed by atoms with E-state index in [0.717, 1.165) is 12.8 Å². The molecule has 4 nitrogen and oxygen atoms in total. The highest BCUT2D eigenvalue weighted by molar-refractivity contribution is 6.21. The van der Waals surface area contributed by atoms with E-state index in [1.807, 2.05) is 0 Å². The molecular formula is C10H10ClNO3. The number of nitro benzene ring substituents is 1. The first-order chi connectivity index (χ1) is 7.15. The van der Waals surface area contributed by atoms with Gasteiger partial charge in [0.15, 0.2) is 0 Å². The van der Waals surface area contributed by atoms with Gasteiger partial charge >= 0.3 is 0 Å². The zero-order valence-corrected chi connectivity index (χ0v) is 8.68. The summed E-state index contributed by atoms with van der Waals surface area (Å²) in [5.41, 5.74) is 0.0752. The second kappa shape index (κ2) is 4.06. The lowest BCUT2D eigenvalue weighted by Gasteiger charge is -2.31. The van der Waals surface area contributed by atoms with E-state index >= 15 is 0 Å². The van der Waals surface area contributed by atoms with Crippen molar-refractivity contribution in [2.45, 2.75) is 24.3 Å². The van der Waals surface area contributed by atoms with Crippen LogP contribution in [-0.4, -0.2) is 16.4 Å². The van der Waals surface area contributed by atoms with Gasteiger partial charge < -0.3 is 4.74 Å². The molecule has 0 bridgehead atoms. The first-order valence-corrected chi connectivity index (χ1v) is 5.14. The molecule has 15 heavy (non-hydrogen) atoms. The highest BCUT2D eigenvalue weighted by atomic mass is 35.5. The van der Waals surface area contributed by atoms with Crippen molar-refractivity contribution in [1.29, 1.82) is 0 Å². The molecule has 1 aliphatic carbocycles. The fraction of sp³-hybridized carbons (Fsp3) is 0.400. The van der Waals surface area contributed by atoms with E-state index in [2.05, 4.69) is 0 Å². The lowest BCUT2D eigenvalue weighted by atomic mass is 9.95. The summed E-state index contributed by atoms with van der Waals surface area (Å²) in [5.74, 6) is 0.661. The van der Waals surface area contributed by atoms with E-state index in [0.29, 0.717) is 5.75 Å². The van der Waals surface area contributed by atoms with Gasteiger partial charge in [-0.15, -0.1) is 11.6 Å². The number of rotatable bonds is 3. The van der Waals surface area contributed by atoms with Crippen molar-refractivity contribution < 1.29 is 9.66 Å². The van der Waals surface area contributed by atoms with Crippen molar-refractivity contribution in [2.75, 3.05) is 0 Å². The lowest BCUT2D eigenvalue weighted by molar-refractivity contribution is -0.384. The summed E-state index contributed by atoms with van der Waals surface area (Å²) in [5, 5.41) is 10.6. The minimum Gasteiger partial charge on any atom is -0.490 e. The Hall–Kier alpha value is -1.29. The maximum Gasteiger partial charge on any atom is 0.269 e.